The molecule has 0 radical (unpaired) electrons. The van der Waals surface area contributed by atoms with Crippen molar-refractivity contribution in [1.29, 1.82) is 0 Å². The number of hydrogen-bond donors (Lipinski definition) is 0. The van der Waals surface area contributed by atoms with Gasteiger partial charge in [0.25, 0.3) is 0 Å². The number of hydrogen-bond acceptors (Lipinski definition) is 2. The number of benzene rings is 2. The quantitative estimate of drug-likeness (QED) is 0.802. The Balaban J connectivity index is 1.57. The average Bonchev–Trinajstić information content (AvgIpc) is 2.63. The van der Waals surface area contributed by atoms with E-state index in [0.717, 1.165) is 31.7 Å². The number of carbonyl (C=O) groups excluding carboxylic acids is 1. The minimum Gasteiger partial charge on any atom is -0.490 e. The third-order valence-electron chi connectivity index (χ3n) is 4.19. The van der Waals surface area contributed by atoms with Crippen molar-refractivity contribution in [2.45, 2.75) is 18.9 Å². The lowest BCUT2D eigenvalue weighted by Gasteiger charge is -2.31. The van der Waals surface area contributed by atoms with Gasteiger partial charge in [0.1, 0.15) is 11.9 Å². The fourth-order valence-electron chi connectivity index (χ4n) is 2.87. The van der Waals surface area contributed by atoms with E-state index in [0.29, 0.717) is 0 Å². The second kappa shape index (κ2) is 7.14. The second-order valence-corrected chi connectivity index (χ2v) is 5.74. The summed E-state index contributed by atoms with van der Waals surface area (Å²) < 4.78 is 6.04. The molecule has 118 valence electrons. The van der Waals surface area contributed by atoms with Gasteiger partial charge in [-0.1, -0.05) is 49.0 Å². The van der Waals surface area contributed by atoms with E-state index in [1.54, 1.807) is 0 Å². The molecule has 0 aromatic heterocycles. The lowest BCUT2D eigenvalue weighted by atomic mass is 10.1. The zero-order chi connectivity index (χ0) is 16.1. The van der Waals surface area contributed by atoms with Crippen molar-refractivity contribution in [3.63, 3.8) is 0 Å². The molecule has 3 rings (SSSR count). The van der Waals surface area contributed by atoms with E-state index in [9.17, 15) is 4.79 Å². The molecule has 1 aliphatic rings. The summed E-state index contributed by atoms with van der Waals surface area (Å²) in [6, 6.07) is 18.5. The van der Waals surface area contributed by atoms with Crippen LogP contribution < -0.4 is 4.74 Å². The minimum absolute atomic E-state index is 0.00987. The van der Waals surface area contributed by atoms with Crippen molar-refractivity contribution in [3.8, 4) is 16.9 Å². The Labute approximate surface area is 137 Å². The first-order chi connectivity index (χ1) is 11.3. The summed E-state index contributed by atoms with van der Waals surface area (Å²) in [7, 11) is 0. The van der Waals surface area contributed by atoms with Crippen LogP contribution in [0.15, 0.2) is 67.3 Å². The Morgan fingerprint density at radius 3 is 2.22 bits per heavy atom. The van der Waals surface area contributed by atoms with E-state index >= 15 is 0 Å². The van der Waals surface area contributed by atoms with Crippen LogP contribution in [0.5, 0.6) is 5.75 Å². The fraction of sp³-hybridized carbons (Fsp3) is 0.250. The van der Waals surface area contributed by atoms with Gasteiger partial charge in [-0.05, 0) is 29.3 Å². The molecule has 0 bridgehead atoms. The van der Waals surface area contributed by atoms with Crippen molar-refractivity contribution < 1.29 is 9.53 Å². The van der Waals surface area contributed by atoms with E-state index in [-0.39, 0.29) is 12.0 Å². The highest BCUT2D eigenvalue weighted by molar-refractivity contribution is 5.87. The summed E-state index contributed by atoms with van der Waals surface area (Å²) in [6.07, 6.45) is 3.27. The van der Waals surface area contributed by atoms with Crippen molar-refractivity contribution in [1.82, 2.24) is 4.90 Å². The maximum absolute atomic E-state index is 11.6. The highest BCUT2D eigenvalue weighted by atomic mass is 16.5. The van der Waals surface area contributed by atoms with Gasteiger partial charge < -0.3 is 9.64 Å². The maximum atomic E-state index is 11.6. The molecule has 3 heteroatoms. The van der Waals surface area contributed by atoms with Crippen LogP contribution >= 0.6 is 0 Å². The molecule has 1 fully saturated rings. The highest BCUT2D eigenvalue weighted by Gasteiger charge is 2.22. The molecule has 0 aliphatic carbocycles. The van der Waals surface area contributed by atoms with E-state index < -0.39 is 0 Å². The Morgan fingerprint density at radius 2 is 1.61 bits per heavy atom. The van der Waals surface area contributed by atoms with Gasteiger partial charge in [0, 0.05) is 25.9 Å². The first-order valence-corrected chi connectivity index (χ1v) is 8.00. The molecule has 0 saturated carbocycles. The zero-order valence-corrected chi connectivity index (χ0v) is 13.2. The molecule has 0 N–H and O–H groups in total. The van der Waals surface area contributed by atoms with Crippen molar-refractivity contribution >= 4 is 5.91 Å². The van der Waals surface area contributed by atoms with Gasteiger partial charge >= 0.3 is 0 Å². The highest BCUT2D eigenvalue weighted by Crippen LogP contribution is 2.24. The van der Waals surface area contributed by atoms with Crippen LogP contribution in [0.3, 0.4) is 0 Å². The first kappa shape index (κ1) is 15.3. The van der Waals surface area contributed by atoms with E-state index in [1.807, 2.05) is 35.2 Å². The Hall–Kier alpha value is -2.55. The van der Waals surface area contributed by atoms with Gasteiger partial charge in [0.05, 0.1) is 0 Å². The summed E-state index contributed by atoms with van der Waals surface area (Å²) in [5, 5.41) is 0. The van der Waals surface area contributed by atoms with Crippen molar-refractivity contribution in [2.75, 3.05) is 13.1 Å². The van der Waals surface area contributed by atoms with E-state index in [2.05, 4.69) is 30.8 Å². The van der Waals surface area contributed by atoms with Gasteiger partial charge in [0.15, 0.2) is 0 Å². The topological polar surface area (TPSA) is 29.5 Å². The summed E-state index contributed by atoms with van der Waals surface area (Å²) in [6.45, 7) is 5.00. The van der Waals surface area contributed by atoms with Crippen LogP contribution in [-0.2, 0) is 4.79 Å². The molecular formula is C20H21NO2. The number of amides is 1. The summed E-state index contributed by atoms with van der Waals surface area (Å²) in [5.74, 6) is 0.897. The monoisotopic (exact) mass is 307 g/mol. The Kier molecular flexibility index (Phi) is 4.77. The molecule has 1 amide bonds. The van der Waals surface area contributed by atoms with Gasteiger partial charge in [-0.2, -0.15) is 0 Å². The number of likely N-dealkylation sites (tertiary alicyclic amines) is 1. The lowest BCUT2D eigenvalue weighted by molar-refractivity contribution is -0.127. The molecule has 2 aromatic carbocycles. The van der Waals surface area contributed by atoms with Crippen LogP contribution in [0.25, 0.3) is 11.1 Å². The molecule has 1 heterocycles. The van der Waals surface area contributed by atoms with Crippen LogP contribution in [0, 0.1) is 0 Å². The molecule has 2 aromatic rings. The lowest BCUT2D eigenvalue weighted by Crippen LogP contribution is -2.41. The Morgan fingerprint density at radius 1 is 1.00 bits per heavy atom. The zero-order valence-electron chi connectivity index (χ0n) is 13.2. The van der Waals surface area contributed by atoms with Crippen molar-refractivity contribution in [2.24, 2.45) is 0 Å². The molecule has 1 aliphatic heterocycles. The van der Waals surface area contributed by atoms with Crippen LogP contribution in [0.4, 0.5) is 0 Å². The maximum Gasteiger partial charge on any atom is 0.245 e. The van der Waals surface area contributed by atoms with Crippen LogP contribution in [0.2, 0.25) is 0 Å². The minimum atomic E-state index is 0.00987. The summed E-state index contributed by atoms with van der Waals surface area (Å²) >= 11 is 0. The summed E-state index contributed by atoms with van der Waals surface area (Å²) in [5.41, 5.74) is 2.39. The third kappa shape index (κ3) is 3.81. The largest absolute Gasteiger partial charge is 0.490 e. The van der Waals surface area contributed by atoms with Gasteiger partial charge in [-0.15, -0.1) is 0 Å². The number of nitrogens with zero attached hydrogens (tertiary/aromatic N) is 1. The number of piperidine rings is 1. The number of rotatable bonds is 4. The summed E-state index contributed by atoms with van der Waals surface area (Å²) in [4.78, 5) is 13.4. The molecule has 3 nitrogen and oxygen atoms in total. The average molecular weight is 307 g/mol. The standard InChI is InChI=1S/C20H21NO2/c1-2-20(22)21-14-12-19(13-15-21)23-18-10-8-17(9-11-18)16-6-4-3-5-7-16/h2-11,19H,1,12-15H2. The molecule has 23 heavy (non-hydrogen) atoms. The van der Waals surface area contributed by atoms with Crippen LogP contribution in [0.1, 0.15) is 12.8 Å². The van der Waals surface area contributed by atoms with Crippen molar-refractivity contribution in [3.05, 3.63) is 67.3 Å². The predicted octanol–water partition coefficient (Wildman–Crippen LogP) is 3.91. The molecule has 0 unspecified atom stereocenters. The van der Waals surface area contributed by atoms with Gasteiger partial charge in [0.2, 0.25) is 5.91 Å². The molecule has 0 atom stereocenters. The molecular weight excluding hydrogens is 286 g/mol. The number of ether oxygens (including phenoxy) is 1. The SMILES string of the molecule is C=CC(=O)N1CCC(Oc2ccc(-c3ccccc3)cc2)CC1. The smallest absolute Gasteiger partial charge is 0.245 e. The second-order valence-electron chi connectivity index (χ2n) is 5.74. The Bertz CT molecular complexity index is 656. The van der Waals surface area contributed by atoms with Gasteiger partial charge in [-0.25, -0.2) is 0 Å². The molecule has 0 spiro atoms. The fourth-order valence-corrected chi connectivity index (χ4v) is 2.87. The van der Waals surface area contributed by atoms with Gasteiger partial charge in [-0.3, -0.25) is 4.79 Å². The molecule has 1 saturated heterocycles. The normalized spacial score (nSPS) is 15.2. The van der Waals surface area contributed by atoms with E-state index in [4.69, 9.17) is 4.74 Å². The first-order valence-electron chi connectivity index (χ1n) is 8.00. The predicted molar refractivity (Wildman–Crippen MR) is 92.3 cm³/mol. The van der Waals surface area contributed by atoms with Crippen LogP contribution in [-0.4, -0.2) is 30.0 Å². The number of carbonyl (C=O) groups is 1. The third-order valence-corrected chi connectivity index (χ3v) is 4.19. The van der Waals surface area contributed by atoms with E-state index in [1.165, 1.54) is 17.2 Å².